The SMILES string of the molecule is CCC(O)CCNC(=O)CCN1CCSC1=O. The van der Waals surface area contributed by atoms with Crippen LogP contribution in [0.1, 0.15) is 26.2 Å². The Morgan fingerprint density at radius 2 is 2.41 bits per heavy atom. The molecule has 6 heteroatoms. The van der Waals surface area contributed by atoms with Crippen molar-refractivity contribution < 1.29 is 14.7 Å². The van der Waals surface area contributed by atoms with Crippen molar-refractivity contribution in [3.05, 3.63) is 0 Å². The minimum atomic E-state index is -0.341. The fourth-order valence-corrected chi connectivity index (χ4v) is 2.39. The molecule has 1 heterocycles. The van der Waals surface area contributed by atoms with Gasteiger partial charge in [-0.05, 0) is 12.8 Å². The second-order valence-corrected chi connectivity index (χ2v) is 5.10. The van der Waals surface area contributed by atoms with Crippen LogP contribution in [-0.2, 0) is 4.79 Å². The minimum absolute atomic E-state index is 0.0574. The van der Waals surface area contributed by atoms with Gasteiger partial charge in [-0.15, -0.1) is 0 Å². The van der Waals surface area contributed by atoms with Crippen LogP contribution < -0.4 is 5.32 Å². The zero-order chi connectivity index (χ0) is 12.7. The first-order valence-electron chi connectivity index (χ1n) is 6.00. The minimum Gasteiger partial charge on any atom is -0.393 e. The van der Waals surface area contributed by atoms with Gasteiger partial charge in [-0.1, -0.05) is 18.7 Å². The summed E-state index contributed by atoms with van der Waals surface area (Å²) in [7, 11) is 0. The van der Waals surface area contributed by atoms with Crippen molar-refractivity contribution in [2.24, 2.45) is 0 Å². The van der Waals surface area contributed by atoms with Crippen LogP contribution in [0.4, 0.5) is 4.79 Å². The molecular weight excluding hydrogens is 240 g/mol. The molecule has 98 valence electrons. The molecule has 5 nitrogen and oxygen atoms in total. The normalized spacial score (nSPS) is 17.3. The molecule has 0 aromatic carbocycles. The fraction of sp³-hybridized carbons (Fsp3) is 0.818. The van der Waals surface area contributed by atoms with Crippen molar-refractivity contribution in [2.45, 2.75) is 32.3 Å². The number of nitrogens with one attached hydrogen (secondary N) is 1. The maximum atomic E-state index is 11.4. The Hall–Kier alpha value is -0.750. The molecule has 1 aliphatic rings. The van der Waals surface area contributed by atoms with Crippen molar-refractivity contribution in [3.8, 4) is 0 Å². The molecule has 0 saturated carbocycles. The van der Waals surface area contributed by atoms with Crippen molar-refractivity contribution in [1.82, 2.24) is 10.2 Å². The lowest BCUT2D eigenvalue weighted by molar-refractivity contribution is -0.121. The summed E-state index contributed by atoms with van der Waals surface area (Å²) in [5.41, 5.74) is 0. The number of amides is 2. The average Bonchev–Trinajstić information content (AvgIpc) is 2.72. The van der Waals surface area contributed by atoms with E-state index < -0.39 is 0 Å². The standard InChI is InChI=1S/C11H20N2O3S/c1-2-9(14)3-5-12-10(15)4-6-13-7-8-17-11(13)16/h9,14H,2-8H2,1H3,(H,12,15). The predicted octanol–water partition coefficient (Wildman–Crippen LogP) is 0.823. The Kier molecular flexibility index (Phi) is 6.36. The molecule has 17 heavy (non-hydrogen) atoms. The molecule has 1 aliphatic heterocycles. The van der Waals surface area contributed by atoms with E-state index in [0.717, 1.165) is 12.3 Å². The van der Waals surface area contributed by atoms with Gasteiger partial charge in [0.15, 0.2) is 0 Å². The Morgan fingerprint density at radius 3 is 3.00 bits per heavy atom. The van der Waals surface area contributed by atoms with E-state index in [1.165, 1.54) is 11.8 Å². The van der Waals surface area contributed by atoms with Crippen LogP contribution in [0.2, 0.25) is 0 Å². The number of carbonyl (C=O) groups is 2. The Morgan fingerprint density at radius 1 is 1.65 bits per heavy atom. The number of thioether (sulfide) groups is 1. The third kappa shape index (κ3) is 5.41. The molecule has 1 unspecified atom stereocenters. The van der Waals surface area contributed by atoms with Gasteiger partial charge in [-0.2, -0.15) is 0 Å². The molecule has 1 fully saturated rings. The number of nitrogens with zero attached hydrogens (tertiary/aromatic N) is 1. The van der Waals surface area contributed by atoms with E-state index in [2.05, 4.69) is 5.32 Å². The topological polar surface area (TPSA) is 69.6 Å². The van der Waals surface area contributed by atoms with Gasteiger partial charge in [-0.25, -0.2) is 0 Å². The van der Waals surface area contributed by atoms with Gasteiger partial charge < -0.3 is 15.3 Å². The van der Waals surface area contributed by atoms with Gasteiger partial charge in [-0.3, -0.25) is 9.59 Å². The summed E-state index contributed by atoms with van der Waals surface area (Å²) >= 11 is 1.30. The highest BCUT2D eigenvalue weighted by molar-refractivity contribution is 8.13. The van der Waals surface area contributed by atoms with E-state index in [1.807, 2.05) is 6.92 Å². The van der Waals surface area contributed by atoms with Crippen molar-refractivity contribution >= 4 is 22.9 Å². The highest BCUT2D eigenvalue weighted by Gasteiger charge is 2.21. The van der Waals surface area contributed by atoms with E-state index in [-0.39, 0.29) is 17.3 Å². The lowest BCUT2D eigenvalue weighted by Crippen LogP contribution is -2.32. The van der Waals surface area contributed by atoms with Crippen LogP contribution in [0.15, 0.2) is 0 Å². The molecule has 0 bridgehead atoms. The molecule has 0 radical (unpaired) electrons. The predicted molar refractivity (Wildman–Crippen MR) is 68.0 cm³/mol. The van der Waals surface area contributed by atoms with Crippen LogP contribution >= 0.6 is 11.8 Å². The maximum Gasteiger partial charge on any atom is 0.281 e. The molecule has 0 spiro atoms. The van der Waals surface area contributed by atoms with E-state index in [4.69, 9.17) is 0 Å². The Labute approximate surface area is 106 Å². The molecule has 2 amide bonds. The van der Waals surface area contributed by atoms with Crippen molar-refractivity contribution in [1.29, 1.82) is 0 Å². The van der Waals surface area contributed by atoms with Crippen molar-refractivity contribution in [3.63, 3.8) is 0 Å². The molecule has 1 atom stereocenters. The lowest BCUT2D eigenvalue weighted by atomic mass is 10.2. The molecule has 0 aromatic rings. The summed E-state index contributed by atoms with van der Waals surface area (Å²) in [6, 6.07) is 0. The first-order valence-corrected chi connectivity index (χ1v) is 6.98. The van der Waals surface area contributed by atoms with Gasteiger partial charge in [0.1, 0.15) is 0 Å². The van der Waals surface area contributed by atoms with Gasteiger partial charge >= 0.3 is 0 Å². The highest BCUT2D eigenvalue weighted by atomic mass is 32.2. The summed E-state index contributed by atoms with van der Waals surface area (Å²) in [4.78, 5) is 24.4. The molecule has 2 N–H and O–H groups in total. The lowest BCUT2D eigenvalue weighted by Gasteiger charge is -2.14. The summed E-state index contributed by atoms with van der Waals surface area (Å²) in [6.45, 7) is 3.64. The van der Waals surface area contributed by atoms with Crippen molar-refractivity contribution in [2.75, 3.05) is 25.4 Å². The second-order valence-electron chi connectivity index (χ2n) is 4.05. The second kappa shape index (κ2) is 7.55. The molecule has 1 saturated heterocycles. The molecule has 1 rings (SSSR count). The number of carbonyl (C=O) groups excluding carboxylic acids is 2. The van der Waals surface area contributed by atoms with Gasteiger partial charge in [0.25, 0.3) is 5.24 Å². The van der Waals surface area contributed by atoms with E-state index in [1.54, 1.807) is 4.90 Å². The zero-order valence-electron chi connectivity index (χ0n) is 10.1. The fourth-order valence-electron chi connectivity index (χ4n) is 1.54. The Bertz CT molecular complexity index is 273. The summed E-state index contributed by atoms with van der Waals surface area (Å²) < 4.78 is 0. The van der Waals surface area contributed by atoms with E-state index >= 15 is 0 Å². The summed E-state index contributed by atoms with van der Waals surface area (Å²) in [5, 5.41) is 12.1. The van der Waals surface area contributed by atoms with E-state index in [0.29, 0.717) is 32.4 Å². The molecule has 0 aromatic heterocycles. The quantitative estimate of drug-likeness (QED) is 0.711. The first kappa shape index (κ1) is 14.3. The molecular formula is C11H20N2O3S. The average molecular weight is 260 g/mol. The number of hydrogen-bond acceptors (Lipinski definition) is 4. The maximum absolute atomic E-state index is 11.4. The van der Waals surface area contributed by atoms with Crippen LogP contribution in [0, 0.1) is 0 Å². The van der Waals surface area contributed by atoms with Gasteiger partial charge in [0, 0.05) is 31.8 Å². The summed E-state index contributed by atoms with van der Waals surface area (Å²) in [5.74, 6) is 0.765. The van der Waals surface area contributed by atoms with Crippen LogP contribution in [0.3, 0.4) is 0 Å². The van der Waals surface area contributed by atoms with Crippen LogP contribution in [-0.4, -0.2) is 52.6 Å². The third-order valence-electron chi connectivity index (χ3n) is 2.72. The smallest absolute Gasteiger partial charge is 0.281 e. The van der Waals surface area contributed by atoms with Gasteiger partial charge in [0.2, 0.25) is 5.91 Å². The number of rotatable bonds is 7. The number of aliphatic hydroxyl groups excluding tert-OH is 1. The van der Waals surface area contributed by atoms with Gasteiger partial charge in [0.05, 0.1) is 6.10 Å². The monoisotopic (exact) mass is 260 g/mol. The van der Waals surface area contributed by atoms with E-state index in [9.17, 15) is 14.7 Å². The largest absolute Gasteiger partial charge is 0.393 e. The summed E-state index contributed by atoms with van der Waals surface area (Å²) in [6.07, 6.45) is 1.29. The number of aliphatic hydroxyl groups is 1. The third-order valence-corrected chi connectivity index (χ3v) is 3.62. The molecule has 0 aliphatic carbocycles. The zero-order valence-corrected chi connectivity index (χ0v) is 11.0. The number of hydrogen-bond donors (Lipinski definition) is 2. The highest BCUT2D eigenvalue weighted by Crippen LogP contribution is 2.16. The van der Waals surface area contributed by atoms with Crippen LogP contribution in [0.25, 0.3) is 0 Å². The first-order chi connectivity index (χ1) is 8.13. The van der Waals surface area contributed by atoms with Crippen LogP contribution in [0.5, 0.6) is 0 Å². The Balaban J connectivity index is 2.07.